The van der Waals surface area contributed by atoms with E-state index >= 15 is 0 Å². The first kappa shape index (κ1) is 23.4. The molecule has 2 N–H and O–H groups in total. The van der Waals surface area contributed by atoms with Gasteiger partial charge in [-0.05, 0) is 60.7 Å². The molecule has 1 heterocycles. The Balaban J connectivity index is 1.15. The molecule has 1 saturated carbocycles. The lowest BCUT2D eigenvalue weighted by atomic mass is 9.86. The van der Waals surface area contributed by atoms with E-state index in [4.69, 9.17) is 14.7 Å². The zero-order valence-electron chi connectivity index (χ0n) is 20.9. The van der Waals surface area contributed by atoms with Gasteiger partial charge in [0.25, 0.3) is 0 Å². The van der Waals surface area contributed by atoms with Crippen LogP contribution in [0.4, 0.5) is 11.8 Å². The predicted molar refractivity (Wildman–Crippen MR) is 145 cm³/mol. The van der Waals surface area contributed by atoms with Gasteiger partial charge in [-0.15, -0.1) is 0 Å². The van der Waals surface area contributed by atoms with Crippen molar-refractivity contribution in [2.75, 3.05) is 38.0 Å². The third-order valence-corrected chi connectivity index (χ3v) is 7.18. The number of ether oxygens (including phenoxy) is 1. The van der Waals surface area contributed by atoms with Crippen molar-refractivity contribution in [3.63, 3.8) is 0 Å². The number of hydrogen-bond acceptors (Lipinski definition) is 6. The van der Waals surface area contributed by atoms with Crippen LogP contribution < -0.4 is 20.3 Å². The Hall–Kier alpha value is -3.38. The molecule has 0 amide bonds. The number of nitrogens with one attached hydrogen (secondary N) is 2. The molecule has 0 saturated heterocycles. The lowest BCUT2D eigenvalue weighted by Crippen LogP contribution is -2.34. The summed E-state index contributed by atoms with van der Waals surface area (Å²) in [6, 6.07) is 21.5. The number of rotatable bonds is 8. The maximum absolute atomic E-state index is 5.55. The molecule has 1 fully saturated rings. The van der Waals surface area contributed by atoms with Crippen LogP contribution in [0.1, 0.15) is 31.2 Å². The average Bonchev–Trinajstić information content (AvgIpc) is 2.90. The number of hydrogen-bond donors (Lipinski definition) is 2. The highest BCUT2D eigenvalue weighted by atomic mass is 16.5. The van der Waals surface area contributed by atoms with Crippen molar-refractivity contribution in [2.24, 2.45) is 5.92 Å². The van der Waals surface area contributed by atoms with Crippen LogP contribution in [0.15, 0.2) is 60.7 Å². The van der Waals surface area contributed by atoms with Crippen LogP contribution in [0.25, 0.3) is 21.7 Å². The summed E-state index contributed by atoms with van der Waals surface area (Å²) in [5.41, 5.74) is 2.31. The first-order valence-electron chi connectivity index (χ1n) is 12.6. The van der Waals surface area contributed by atoms with Crippen LogP contribution in [-0.2, 0) is 6.54 Å². The summed E-state index contributed by atoms with van der Waals surface area (Å²) in [4.78, 5) is 11.6. The van der Waals surface area contributed by atoms with Crippen molar-refractivity contribution >= 4 is 33.4 Å². The third kappa shape index (κ3) is 5.17. The van der Waals surface area contributed by atoms with Crippen LogP contribution in [0, 0.1) is 5.92 Å². The second-order valence-electron chi connectivity index (χ2n) is 9.73. The van der Waals surface area contributed by atoms with Gasteiger partial charge in [-0.25, -0.2) is 4.98 Å². The van der Waals surface area contributed by atoms with Crippen LogP contribution in [0.5, 0.6) is 5.75 Å². The van der Waals surface area contributed by atoms with Crippen molar-refractivity contribution in [3.05, 3.63) is 66.2 Å². The highest BCUT2D eigenvalue weighted by Gasteiger charge is 2.21. The van der Waals surface area contributed by atoms with Crippen LogP contribution in [0.3, 0.4) is 0 Å². The lowest BCUT2D eigenvalue weighted by Gasteiger charge is -2.29. The molecule has 3 aromatic carbocycles. The van der Waals surface area contributed by atoms with Gasteiger partial charge in [0.2, 0.25) is 5.95 Å². The Bertz CT molecular complexity index is 1300. The molecule has 35 heavy (non-hydrogen) atoms. The molecule has 6 nitrogen and oxygen atoms in total. The molecule has 1 aromatic heterocycles. The molecule has 0 bridgehead atoms. The van der Waals surface area contributed by atoms with Gasteiger partial charge in [-0.3, -0.25) is 0 Å². The molecule has 0 spiro atoms. The lowest BCUT2D eigenvalue weighted by molar-refractivity contribution is 0.300. The smallest absolute Gasteiger partial charge is 0.225 e. The van der Waals surface area contributed by atoms with Crippen LogP contribution >= 0.6 is 0 Å². The van der Waals surface area contributed by atoms with E-state index in [1.807, 2.05) is 26.2 Å². The normalized spacial score (nSPS) is 18.0. The predicted octanol–water partition coefficient (Wildman–Crippen LogP) is 5.62. The molecule has 4 aromatic rings. The molecule has 182 valence electrons. The quantitative estimate of drug-likeness (QED) is 0.349. The van der Waals surface area contributed by atoms with E-state index in [0.717, 1.165) is 41.5 Å². The first-order valence-corrected chi connectivity index (χ1v) is 12.6. The molecule has 0 aliphatic heterocycles. The maximum Gasteiger partial charge on any atom is 0.225 e. The van der Waals surface area contributed by atoms with Crippen LogP contribution in [0.2, 0.25) is 0 Å². The van der Waals surface area contributed by atoms with Gasteiger partial charge < -0.3 is 20.3 Å². The molecule has 5 rings (SSSR count). The van der Waals surface area contributed by atoms with Crippen molar-refractivity contribution in [3.8, 4) is 5.75 Å². The van der Waals surface area contributed by atoms with Gasteiger partial charge in [-0.2, -0.15) is 4.98 Å². The molecule has 1 aliphatic carbocycles. The van der Waals surface area contributed by atoms with Crippen molar-refractivity contribution in [1.82, 2.24) is 15.3 Å². The highest BCUT2D eigenvalue weighted by Crippen LogP contribution is 2.30. The summed E-state index contributed by atoms with van der Waals surface area (Å²) >= 11 is 0. The molecule has 1 aliphatic rings. The minimum Gasteiger partial charge on any atom is -0.496 e. The molecule has 0 unspecified atom stereocenters. The summed E-state index contributed by atoms with van der Waals surface area (Å²) in [7, 11) is 5.80. The zero-order chi connectivity index (χ0) is 24.2. The minimum atomic E-state index is 0.560. The number of nitrogens with zero attached hydrogens (tertiary/aromatic N) is 3. The number of aromatic nitrogens is 2. The standard InChI is InChI=1S/C29H35N5O/c1-34(2)28-25-10-6-7-11-26(25)32-29(33-28)31-18-20-12-15-22(16-13-20)30-19-21-14-17-27(35-3)24-9-5-4-8-23(21)24/h4-11,14,17,20,22,30H,12-13,15-16,18-19H2,1-3H3,(H,31,32,33). The summed E-state index contributed by atoms with van der Waals surface area (Å²) < 4.78 is 5.55. The Morgan fingerprint density at radius 3 is 2.31 bits per heavy atom. The molecule has 6 heteroatoms. The number of anilines is 2. The van der Waals surface area contributed by atoms with Gasteiger partial charge in [0, 0.05) is 44.0 Å². The molecular weight excluding hydrogens is 434 g/mol. The molecular formula is C29H35N5O. The SMILES string of the molecule is COc1ccc(CNC2CCC(CNc3nc(N(C)C)c4ccccc4n3)CC2)c2ccccc12. The van der Waals surface area contributed by atoms with Gasteiger partial charge in [0.15, 0.2) is 0 Å². The van der Waals surface area contributed by atoms with Crippen molar-refractivity contribution < 1.29 is 4.74 Å². The van der Waals surface area contributed by atoms with Gasteiger partial charge in [-0.1, -0.05) is 42.5 Å². The number of benzene rings is 3. The monoisotopic (exact) mass is 469 g/mol. The third-order valence-electron chi connectivity index (χ3n) is 7.18. The average molecular weight is 470 g/mol. The maximum atomic E-state index is 5.55. The minimum absolute atomic E-state index is 0.560. The zero-order valence-corrected chi connectivity index (χ0v) is 20.9. The molecule has 0 radical (unpaired) electrons. The first-order chi connectivity index (χ1) is 17.1. The number of methoxy groups -OCH3 is 1. The fourth-order valence-corrected chi connectivity index (χ4v) is 5.21. The van der Waals surface area contributed by atoms with E-state index in [1.54, 1.807) is 7.11 Å². The van der Waals surface area contributed by atoms with E-state index in [2.05, 4.69) is 64.1 Å². The van der Waals surface area contributed by atoms with Crippen LogP contribution in [-0.4, -0.2) is 43.8 Å². The fraction of sp³-hybridized carbons (Fsp3) is 0.379. The van der Waals surface area contributed by atoms with E-state index in [9.17, 15) is 0 Å². The van der Waals surface area contributed by atoms with Gasteiger partial charge in [0.05, 0.1) is 12.6 Å². The van der Waals surface area contributed by atoms with E-state index in [1.165, 1.54) is 42.0 Å². The summed E-state index contributed by atoms with van der Waals surface area (Å²) in [5, 5.41) is 10.9. The Morgan fingerprint density at radius 2 is 1.57 bits per heavy atom. The summed E-state index contributed by atoms with van der Waals surface area (Å²) in [5.74, 6) is 3.26. The Kier molecular flexibility index (Phi) is 7.00. The second-order valence-corrected chi connectivity index (χ2v) is 9.73. The Labute approximate surface area is 207 Å². The largest absolute Gasteiger partial charge is 0.496 e. The summed E-state index contributed by atoms with van der Waals surface area (Å²) in [6.07, 6.45) is 4.81. The highest BCUT2D eigenvalue weighted by molar-refractivity contribution is 5.91. The van der Waals surface area contributed by atoms with E-state index in [0.29, 0.717) is 12.0 Å². The van der Waals surface area contributed by atoms with E-state index < -0.39 is 0 Å². The summed E-state index contributed by atoms with van der Waals surface area (Å²) in [6.45, 7) is 1.80. The van der Waals surface area contributed by atoms with E-state index in [-0.39, 0.29) is 0 Å². The van der Waals surface area contributed by atoms with Crippen molar-refractivity contribution in [1.29, 1.82) is 0 Å². The van der Waals surface area contributed by atoms with Gasteiger partial charge in [0.1, 0.15) is 11.6 Å². The Morgan fingerprint density at radius 1 is 0.857 bits per heavy atom. The fourth-order valence-electron chi connectivity index (χ4n) is 5.21. The van der Waals surface area contributed by atoms with Gasteiger partial charge >= 0.3 is 0 Å². The number of para-hydroxylation sites is 1. The van der Waals surface area contributed by atoms with Crippen molar-refractivity contribution in [2.45, 2.75) is 38.3 Å². The topological polar surface area (TPSA) is 62.3 Å². The second kappa shape index (κ2) is 10.5. The molecule has 0 atom stereocenters. The number of fused-ring (bicyclic) bond motifs is 2.